The average molecular weight is 276 g/mol. The Morgan fingerprint density at radius 3 is 2.84 bits per heavy atom. The normalized spacial score (nSPS) is 16.6. The van der Waals surface area contributed by atoms with Gasteiger partial charge in [-0.05, 0) is 38.1 Å². The fourth-order valence-corrected chi connectivity index (χ4v) is 3.15. The van der Waals surface area contributed by atoms with E-state index >= 15 is 0 Å². The quantitative estimate of drug-likeness (QED) is 0.923. The molecule has 0 saturated carbocycles. The zero-order valence-electron chi connectivity index (χ0n) is 10.6. The lowest BCUT2D eigenvalue weighted by Crippen LogP contribution is -2.29. The standard InChI is InChI=1S/C13H16N4OS/c1-5-14-6-2-10(1)13-16-12(18-17-13)9-19-11-3-7-15-8-4-11/h1-2,5-6,11,15H,3-4,7-9H2. The van der Waals surface area contributed by atoms with Gasteiger partial charge in [-0.2, -0.15) is 4.98 Å². The minimum absolute atomic E-state index is 0.642. The number of pyridine rings is 1. The lowest BCUT2D eigenvalue weighted by atomic mass is 10.2. The molecule has 1 saturated heterocycles. The number of aromatic nitrogens is 3. The molecule has 0 atom stereocenters. The van der Waals surface area contributed by atoms with E-state index in [4.69, 9.17) is 4.52 Å². The molecule has 3 heterocycles. The van der Waals surface area contributed by atoms with Crippen LogP contribution in [-0.4, -0.2) is 33.5 Å². The summed E-state index contributed by atoms with van der Waals surface area (Å²) in [5.41, 5.74) is 0.942. The van der Waals surface area contributed by atoms with Crippen molar-refractivity contribution in [2.45, 2.75) is 23.8 Å². The topological polar surface area (TPSA) is 63.8 Å². The molecule has 1 N–H and O–H groups in total. The smallest absolute Gasteiger partial charge is 0.236 e. The SMILES string of the molecule is c1cc(-c2noc(CSC3CCNCC3)n2)ccn1. The van der Waals surface area contributed by atoms with Crippen molar-refractivity contribution in [3.05, 3.63) is 30.4 Å². The minimum Gasteiger partial charge on any atom is -0.338 e. The molecule has 0 bridgehead atoms. The van der Waals surface area contributed by atoms with E-state index in [-0.39, 0.29) is 0 Å². The molecule has 5 nitrogen and oxygen atoms in total. The minimum atomic E-state index is 0.642. The largest absolute Gasteiger partial charge is 0.338 e. The first-order valence-corrected chi connectivity index (χ1v) is 7.52. The second-order valence-corrected chi connectivity index (χ2v) is 5.80. The average Bonchev–Trinajstić information content (AvgIpc) is 2.96. The summed E-state index contributed by atoms with van der Waals surface area (Å²) in [6.07, 6.45) is 5.90. The first-order valence-electron chi connectivity index (χ1n) is 6.47. The van der Waals surface area contributed by atoms with Crippen molar-refractivity contribution in [2.24, 2.45) is 0 Å². The van der Waals surface area contributed by atoms with Crippen molar-refractivity contribution in [3.63, 3.8) is 0 Å². The molecular weight excluding hydrogens is 260 g/mol. The fraction of sp³-hybridized carbons (Fsp3) is 0.462. The van der Waals surface area contributed by atoms with Crippen LogP contribution in [0.5, 0.6) is 0 Å². The Morgan fingerprint density at radius 2 is 2.05 bits per heavy atom. The summed E-state index contributed by atoms with van der Waals surface area (Å²) in [4.78, 5) is 8.40. The van der Waals surface area contributed by atoms with Gasteiger partial charge in [0.05, 0.1) is 5.75 Å². The first-order chi connectivity index (χ1) is 9.42. The molecule has 0 amide bonds. The lowest BCUT2D eigenvalue weighted by Gasteiger charge is -2.21. The summed E-state index contributed by atoms with van der Waals surface area (Å²) in [6, 6.07) is 3.77. The van der Waals surface area contributed by atoms with Gasteiger partial charge in [-0.1, -0.05) is 5.16 Å². The second kappa shape index (κ2) is 6.16. The molecule has 2 aromatic rings. The number of piperidine rings is 1. The van der Waals surface area contributed by atoms with Crippen molar-refractivity contribution in [2.75, 3.05) is 13.1 Å². The molecule has 6 heteroatoms. The molecule has 100 valence electrons. The van der Waals surface area contributed by atoms with E-state index in [9.17, 15) is 0 Å². The summed E-state index contributed by atoms with van der Waals surface area (Å²) in [7, 11) is 0. The van der Waals surface area contributed by atoms with Crippen LogP contribution in [0.4, 0.5) is 0 Å². The van der Waals surface area contributed by atoms with E-state index < -0.39 is 0 Å². The Kier molecular flexibility index (Phi) is 4.10. The van der Waals surface area contributed by atoms with Gasteiger partial charge < -0.3 is 9.84 Å². The van der Waals surface area contributed by atoms with Gasteiger partial charge >= 0.3 is 0 Å². The highest BCUT2D eigenvalue weighted by Crippen LogP contribution is 2.24. The van der Waals surface area contributed by atoms with Crippen LogP contribution in [0, 0.1) is 0 Å². The van der Waals surface area contributed by atoms with E-state index in [1.54, 1.807) is 12.4 Å². The zero-order chi connectivity index (χ0) is 12.9. The molecule has 0 radical (unpaired) electrons. The van der Waals surface area contributed by atoms with E-state index in [1.807, 2.05) is 23.9 Å². The lowest BCUT2D eigenvalue weighted by molar-refractivity contribution is 0.391. The Balaban J connectivity index is 1.59. The number of rotatable bonds is 4. The molecule has 3 rings (SSSR count). The maximum absolute atomic E-state index is 5.29. The van der Waals surface area contributed by atoms with E-state index in [0.29, 0.717) is 17.0 Å². The Bertz CT molecular complexity index is 510. The summed E-state index contributed by atoms with van der Waals surface area (Å²) in [6.45, 7) is 2.23. The van der Waals surface area contributed by atoms with Gasteiger partial charge in [0.25, 0.3) is 0 Å². The maximum atomic E-state index is 5.29. The molecule has 0 unspecified atom stereocenters. The number of thioether (sulfide) groups is 1. The van der Waals surface area contributed by atoms with Gasteiger partial charge in [-0.3, -0.25) is 4.98 Å². The van der Waals surface area contributed by atoms with Gasteiger partial charge in [0.15, 0.2) is 0 Å². The summed E-state index contributed by atoms with van der Waals surface area (Å²) < 4.78 is 5.29. The number of nitrogens with one attached hydrogen (secondary N) is 1. The van der Waals surface area contributed by atoms with Crippen LogP contribution < -0.4 is 5.32 Å². The third kappa shape index (κ3) is 3.33. The Hall–Kier alpha value is -1.40. The van der Waals surface area contributed by atoms with Gasteiger partial charge in [0.2, 0.25) is 11.7 Å². The van der Waals surface area contributed by atoms with Crippen molar-refractivity contribution in [1.29, 1.82) is 0 Å². The van der Waals surface area contributed by atoms with E-state index in [1.165, 1.54) is 12.8 Å². The van der Waals surface area contributed by atoms with Crippen LogP contribution in [0.15, 0.2) is 29.0 Å². The van der Waals surface area contributed by atoms with Gasteiger partial charge in [-0.15, -0.1) is 11.8 Å². The number of nitrogens with zero attached hydrogens (tertiary/aromatic N) is 3. The molecule has 0 spiro atoms. The molecule has 0 aliphatic carbocycles. The Morgan fingerprint density at radius 1 is 1.26 bits per heavy atom. The number of hydrogen-bond donors (Lipinski definition) is 1. The zero-order valence-corrected chi connectivity index (χ0v) is 11.4. The van der Waals surface area contributed by atoms with Gasteiger partial charge in [0, 0.05) is 23.2 Å². The van der Waals surface area contributed by atoms with Crippen LogP contribution in [0.1, 0.15) is 18.7 Å². The first kappa shape index (κ1) is 12.6. The molecule has 2 aromatic heterocycles. The molecule has 1 aliphatic heterocycles. The fourth-order valence-electron chi connectivity index (χ4n) is 2.08. The van der Waals surface area contributed by atoms with Crippen LogP contribution >= 0.6 is 11.8 Å². The van der Waals surface area contributed by atoms with Crippen molar-refractivity contribution < 1.29 is 4.52 Å². The van der Waals surface area contributed by atoms with Crippen LogP contribution in [0.3, 0.4) is 0 Å². The molecular formula is C13H16N4OS. The predicted octanol–water partition coefficient (Wildman–Crippen LogP) is 2.12. The highest BCUT2D eigenvalue weighted by atomic mass is 32.2. The molecule has 1 aliphatic rings. The van der Waals surface area contributed by atoms with Crippen molar-refractivity contribution in [1.82, 2.24) is 20.4 Å². The highest BCUT2D eigenvalue weighted by molar-refractivity contribution is 7.99. The summed E-state index contributed by atoms with van der Waals surface area (Å²) in [5, 5.41) is 8.08. The van der Waals surface area contributed by atoms with Crippen LogP contribution in [0.2, 0.25) is 0 Å². The molecule has 1 fully saturated rings. The maximum Gasteiger partial charge on any atom is 0.236 e. The third-order valence-corrected chi connectivity index (χ3v) is 4.49. The summed E-state index contributed by atoms with van der Waals surface area (Å²) >= 11 is 1.91. The van der Waals surface area contributed by atoms with Crippen molar-refractivity contribution >= 4 is 11.8 Å². The summed E-state index contributed by atoms with van der Waals surface area (Å²) in [5.74, 6) is 2.14. The van der Waals surface area contributed by atoms with E-state index in [2.05, 4.69) is 20.4 Å². The monoisotopic (exact) mass is 276 g/mol. The Labute approximate surface area is 116 Å². The van der Waals surface area contributed by atoms with Crippen LogP contribution in [0.25, 0.3) is 11.4 Å². The van der Waals surface area contributed by atoms with Crippen LogP contribution in [-0.2, 0) is 5.75 Å². The number of hydrogen-bond acceptors (Lipinski definition) is 6. The van der Waals surface area contributed by atoms with E-state index in [0.717, 1.165) is 24.4 Å². The van der Waals surface area contributed by atoms with Crippen molar-refractivity contribution in [3.8, 4) is 11.4 Å². The molecule has 0 aromatic carbocycles. The predicted molar refractivity (Wildman–Crippen MR) is 74.7 cm³/mol. The van der Waals surface area contributed by atoms with Gasteiger partial charge in [0.1, 0.15) is 0 Å². The highest BCUT2D eigenvalue weighted by Gasteiger charge is 2.15. The second-order valence-electron chi connectivity index (χ2n) is 4.51. The molecule has 19 heavy (non-hydrogen) atoms. The van der Waals surface area contributed by atoms with Gasteiger partial charge in [-0.25, -0.2) is 0 Å². The third-order valence-electron chi connectivity index (χ3n) is 3.14.